The highest BCUT2D eigenvalue weighted by atomic mass is 79.9. The number of nitrogen functional groups attached to an aromatic ring is 1. The molecule has 0 saturated carbocycles. The minimum Gasteiger partial charge on any atom is -0.337 e. The quantitative estimate of drug-likeness (QED) is 0.501. The molecule has 1 aromatic carbocycles. The lowest BCUT2D eigenvalue weighted by molar-refractivity contribution is 1.11. The van der Waals surface area contributed by atoms with Crippen LogP contribution in [-0.2, 0) is 0 Å². The summed E-state index contributed by atoms with van der Waals surface area (Å²) in [6.45, 7) is 4.10. The number of aryl methyl sites for hydroxylation is 2. The lowest BCUT2D eigenvalue weighted by Gasteiger charge is -2.14. The molecule has 0 radical (unpaired) electrons. The molecule has 0 aliphatic rings. The Hall–Kier alpha value is -2.12. The van der Waals surface area contributed by atoms with E-state index in [0.717, 1.165) is 26.9 Å². The summed E-state index contributed by atoms with van der Waals surface area (Å²) in [5.41, 5.74) is 6.58. The summed E-state index contributed by atoms with van der Waals surface area (Å²) in [5, 5.41) is 3.36. The van der Waals surface area contributed by atoms with Crippen LogP contribution in [0.3, 0.4) is 0 Å². The zero-order chi connectivity index (χ0) is 15.0. The number of nitrogens with two attached hydrogens (primary N) is 1. The molecule has 0 spiro atoms. The zero-order valence-corrected chi connectivity index (χ0v) is 13.3. The van der Waals surface area contributed by atoms with Crippen LogP contribution in [0.2, 0.25) is 0 Å². The van der Waals surface area contributed by atoms with Gasteiger partial charge in [0.05, 0.1) is 6.20 Å². The van der Waals surface area contributed by atoms with Crippen molar-refractivity contribution in [1.82, 2.24) is 14.4 Å². The second-order valence-corrected chi connectivity index (χ2v) is 5.73. The molecule has 3 rings (SSSR count). The van der Waals surface area contributed by atoms with Crippen molar-refractivity contribution >= 4 is 38.9 Å². The number of benzene rings is 1. The number of fused-ring (bicyclic) bond motifs is 1. The molecule has 0 fully saturated rings. The van der Waals surface area contributed by atoms with Gasteiger partial charge < -0.3 is 15.1 Å². The number of hydrazine groups is 1. The Bertz CT molecular complexity index is 787. The van der Waals surface area contributed by atoms with E-state index < -0.39 is 0 Å². The fourth-order valence-electron chi connectivity index (χ4n) is 2.31. The van der Waals surface area contributed by atoms with Crippen molar-refractivity contribution in [3.63, 3.8) is 0 Å². The van der Waals surface area contributed by atoms with E-state index in [0.29, 0.717) is 11.6 Å². The summed E-state index contributed by atoms with van der Waals surface area (Å²) in [5.74, 6) is 6.69. The van der Waals surface area contributed by atoms with Gasteiger partial charge in [0.15, 0.2) is 17.3 Å². The van der Waals surface area contributed by atoms with Crippen molar-refractivity contribution in [2.24, 2.45) is 5.84 Å². The number of anilines is 3. The van der Waals surface area contributed by atoms with Gasteiger partial charge in [-0.15, -0.1) is 0 Å². The van der Waals surface area contributed by atoms with E-state index in [9.17, 15) is 0 Å². The monoisotopic (exact) mass is 346 g/mol. The Kier molecular flexibility index (Phi) is 3.52. The van der Waals surface area contributed by atoms with Crippen LogP contribution in [0.4, 0.5) is 17.3 Å². The van der Waals surface area contributed by atoms with Gasteiger partial charge in [0.25, 0.3) is 0 Å². The number of halogens is 1. The summed E-state index contributed by atoms with van der Waals surface area (Å²) in [6.07, 6.45) is 5.36. The maximum Gasteiger partial charge on any atom is 0.180 e. The summed E-state index contributed by atoms with van der Waals surface area (Å²) in [4.78, 5) is 8.78. The molecular formula is C14H15BrN6. The molecule has 4 N–H and O–H groups in total. The molecule has 0 amide bonds. The predicted molar refractivity (Wildman–Crippen MR) is 87.7 cm³/mol. The van der Waals surface area contributed by atoms with Gasteiger partial charge in [0.2, 0.25) is 0 Å². The number of rotatable bonds is 3. The molecule has 0 aliphatic heterocycles. The third-order valence-electron chi connectivity index (χ3n) is 3.26. The number of aromatic nitrogens is 3. The van der Waals surface area contributed by atoms with Gasteiger partial charge in [-0.2, -0.15) is 0 Å². The van der Waals surface area contributed by atoms with E-state index in [4.69, 9.17) is 5.84 Å². The van der Waals surface area contributed by atoms with Crippen LogP contribution in [0.25, 0.3) is 5.65 Å². The van der Waals surface area contributed by atoms with Crippen LogP contribution in [0.15, 0.2) is 35.2 Å². The fraction of sp³-hybridized carbons (Fsp3) is 0.143. The van der Waals surface area contributed by atoms with Crippen LogP contribution in [0.5, 0.6) is 0 Å². The predicted octanol–water partition coefficient (Wildman–Crippen LogP) is 3.14. The molecule has 0 unspecified atom stereocenters. The van der Waals surface area contributed by atoms with E-state index >= 15 is 0 Å². The van der Waals surface area contributed by atoms with Gasteiger partial charge in [-0.1, -0.05) is 15.9 Å². The molecule has 3 aromatic rings. The van der Waals surface area contributed by atoms with Crippen LogP contribution < -0.4 is 16.6 Å². The average Bonchev–Trinajstić information content (AvgIpc) is 2.90. The van der Waals surface area contributed by atoms with Gasteiger partial charge >= 0.3 is 0 Å². The van der Waals surface area contributed by atoms with Gasteiger partial charge in [-0.3, -0.25) is 0 Å². The molecule has 2 heterocycles. The third kappa shape index (κ3) is 2.57. The van der Waals surface area contributed by atoms with Crippen LogP contribution in [0.1, 0.15) is 11.1 Å². The SMILES string of the molecule is Cc1cc(Br)cc(C)c1Nc1nc(NN)cn2ccnc12. The number of hydrogen-bond acceptors (Lipinski definition) is 5. The zero-order valence-electron chi connectivity index (χ0n) is 11.7. The second-order valence-electron chi connectivity index (χ2n) is 4.82. The van der Waals surface area contributed by atoms with Gasteiger partial charge in [0, 0.05) is 22.6 Å². The van der Waals surface area contributed by atoms with Crippen LogP contribution in [0, 0.1) is 13.8 Å². The first-order valence-corrected chi connectivity index (χ1v) is 7.22. The Morgan fingerprint density at radius 2 is 1.95 bits per heavy atom. The summed E-state index contributed by atoms with van der Waals surface area (Å²) < 4.78 is 2.92. The summed E-state index contributed by atoms with van der Waals surface area (Å²) in [7, 11) is 0. The van der Waals surface area contributed by atoms with Gasteiger partial charge in [-0.25, -0.2) is 15.8 Å². The maximum absolute atomic E-state index is 5.47. The Morgan fingerprint density at radius 1 is 1.24 bits per heavy atom. The van der Waals surface area contributed by atoms with E-state index in [2.05, 4.69) is 48.8 Å². The molecule has 108 valence electrons. The molecule has 0 aliphatic carbocycles. The molecule has 6 nitrogen and oxygen atoms in total. The Morgan fingerprint density at radius 3 is 2.62 bits per heavy atom. The average molecular weight is 347 g/mol. The van der Waals surface area contributed by atoms with E-state index in [1.165, 1.54) is 0 Å². The van der Waals surface area contributed by atoms with Crippen LogP contribution >= 0.6 is 15.9 Å². The number of imidazole rings is 1. The highest BCUT2D eigenvalue weighted by Gasteiger charge is 2.11. The second kappa shape index (κ2) is 5.34. The van der Waals surface area contributed by atoms with Gasteiger partial charge in [0.1, 0.15) is 0 Å². The summed E-state index contributed by atoms with van der Waals surface area (Å²) in [6, 6.07) is 4.12. The Labute approximate surface area is 130 Å². The lowest BCUT2D eigenvalue weighted by atomic mass is 10.1. The van der Waals surface area contributed by atoms with Crippen molar-refractivity contribution in [1.29, 1.82) is 0 Å². The highest BCUT2D eigenvalue weighted by molar-refractivity contribution is 9.10. The topological polar surface area (TPSA) is 80.3 Å². The Balaban J connectivity index is 2.11. The molecule has 0 saturated heterocycles. The van der Waals surface area contributed by atoms with Crippen molar-refractivity contribution in [2.75, 3.05) is 10.7 Å². The van der Waals surface area contributed by atoms with Crippen molar-refractivity contribution < 1.29 is 0 Å². The highest BCUT2D eigenvalue weighted by Crippen LogP contribution is 2.29. The van der Waals surface area contributed by atoms with E-state index in [-0.39, 0.29) is 0 Å². The number of nitrogens with one attached hydrogen (secondary N) is 2. The summed E-state index contributed by atoms with van der Waals surface area (Å²) >= 11 is 3.50. The number of nitrogens with zero attached hydrogens (tertiary/aromatic N) is 3. The fourth-order valence-corrected chi connectivity index (χ4v) is 3.00. The van der Waals surface area contributed by atoms with Gasteiger partial charge in [-0.05, 0) is 37.1 Å². The minimum atomic E-state index is 0.565. The van der Waals surface area contributed by atoms with Crippen molar-refractivity contribution in [3.8, 4) is 0 Å². The molecule has 7 heteroatoms. The first-order valence-electron chi connectivity index (χ1n) is 6.42. The maximum atomic E-state index is 5.47. The molecule has 21 heavy (non-hydrogen) atoms. The molecular weight excluding hydrogens is 332 g/mol. The normalized spacial score (nSPS) is 10.9. The lowest BCUT2D eigenvalue weighted by Crippen LogP contribution is -2.11. The molecule has 0 bridgehead atoms. The van der Waals surface area contributed by atoms with E-state index in [1.807, 2.05) is 24.4 Å². The largest absolute Gasteiger partial charge is 0.337 e. The van der Waals surface area contributed by atoms with Crippen LogP contribution in [-0.4, -0.2) is 14.4 Å². The first kappa shape index (κ1) is 13.8. The first-order chi connectivity index (χ1) is 10.1. The number of hydrogen-bond donors (Lipinski definition) is 3. The standard InChI is InChI=1S/C14H15BrN6/c1-8-5-10(15)6-9(2)12(8)19-13-14-17-3-4-21(14)7-11(18-13)20-16/h3-7,20H,16H2,1-2H3,(H,18,19). The van der Waals surface area contributed by atoms with E-state index in [1.54, 1.807) is 12.4 Å². The smallest absolute Gasteiger partial charge is 0.180 e. The molecule has 2 aromatic heterocycles. The van der Waals surface area contributed by atoms with Crippen molar-refractivity contribution in [2.45, 2.75) is 13.8 Å². The third-order valence-corrected chi connectivity index (χ3v) is 3.72. The van der Waals surface area contributed by atoms with Crippen molar-refractivity contribution in [3.05, 3.63) is 46.3 Å². The minimum absolute atomic E-state index is 0.565. The molecule has 0 atom stereocenters.